The summed E-state index contributed by atoms with van der Waals surface area (Å²) in [4.78, 5) is 8.84. The van der Waals surface area contributed by atoms with Crippen LogP contribution in [0.25, 0.3) is 31.6 Å². The van der Waals surface area contributed by atoms with Crippen molar-refractivity contribution in [1.29, 1.82) is 0 Å². The maximum atomic E-state index is 4.33. The van der Waals surface area contributed by atoms with Gasteiger partial charge in [0, 0.05) is 32.9 Å². The van der Waals surface area contributed by atoms with Gasteiger partial charge in [-0.15, -0.1) is 11.3 Å². The Morgan fingerprint density at radius 3 is 2.94 bits per heavy atom. The molecule has 3 heterocycles. The van der Waals surface area contributed by atoms with E-state index >= 15 is 0 Å². The Kier molecular flexibility index (Phi) is 2.02. The van der Waals surface area contributed by atoms with Gasteiger partial charge in [-0.3, -0.25) is 0 Å². The van der Waals surface area contributed by atoms with Crippen molar-refractivity contribution in [3.8, 4) is 10.4 Å². The summed E-state index contributed by atoms with van der Waals surface area (Å²) in [5, 5.41) is 2.49. The Hall–Kier alpha value is -2.13. The minimum atomic E-state index is 0.949. The molecule has 0 radical (unpaired) electrons. The topological polar surface area (TPSA) is 28.7 Å². The lowest BCUT2D eigenvalue weighted by atomic mass is 10.1. The molecule has 0 aliphatic heterocycles. The third kappa shape index (κ3) is 1.38. The number of nitrogens with zero attached hydrogens (tertiary/aromatic N) is 1. The first-order chi connectivity index (χ1) is 8.92. The lowest BCUT2D eigenvalue weighted by Crippen LogP contribution is -1.72. The predicted octanol–water partition coefficient (Wildman–Crippen LogP) is 4.44. The van der Waals surface area contributed by atoms with Crippen LogP contribution < -0.4 is 0 Å². The van der Waals surface area contributed by atoms with Crippen LogP contribution in [0.2, 0.25) is 0 Å². The Balaban J connectivity index is 2.01. The molecule has 0 spiro atoms. The van der Waals surface area contributed by atoms with E-state index in [0.717, 1.165) is 5.65 Å². The van der Waals surface area contributed by atoms with Gasteiger partial charge < -0.3 is 4.98 Å². The van der Waals surface area contributed by atoms with Crippen LogP contribution in [-0.2, 0) is 0 Å². The fourth-order valence-electron chi connectivity index (χ4n) is 2.27. The number of aromatic nitrogens is 2. The van der Waals surface area contributed by atoms with Crippen molar-refractivity contribution in [1.82, 2.24) is 9.97 Å². The lowest BCUT2D eigenvalue weighted by molar-refractivity contribution is 1.33. The zero-order chi connectivity index (χ0) is 11.9. The van der Waals surface area contributed by atoms with Gasteiger partial charge in [0.15, 0.2) is 0 Å². The summed E-state index contributed by atoms with van der Waals surface area (Å²) < 4.78 is 1.32. The Morgan fingerprint density at radius 1 is 1.06 bits per heavy atom. The number of aromatic amines is 1. The van der Waals surface area contributed by atoms with Crippen molar-refractivity contribution in [2.24, 2.45) is 0 Å². The summed E-state index contributed by atoms with van der Waals surface area (Å²) in [6.07, 6.45) is 3.86. The molecule has 2 nitrogen and oxygen atoms in total. The van der Waals surface area contributed by atoms with Crippen LogP contribution in [0.5, 0.6) is 0 Å². The number of nitrogens with one attached hydrogen (secondary N) is 1. The van der Waals surface area contributed by atoms with Crippen LogP contribution >= 0.6 is 11.3 Å². The standard InChI is InChI=1S/C15H10N2S/c1-2-6-13-10(4-1)8-14(18-13)12-9-17-15-11(12)5-3-7-16-15/h1-9H,(H,16,17). The second-order valence-corrected chi connectivity index (χ2v) is 5.33. The lowest BCUT2D eigenvalue weighted by Gasteiger charge is -1.92. The molecule has 1 N–H and O–H groups in total. The molecule has 0 unspecified atom stereocenters. The zero-order valence-electron chi connectivity index (χ0n) is 9.55. The van der Waals surface area contributed by atoms with Gasteiger partial charge in [0.2, 0.25) is 0 Å². The van der Waals surface area contributed by atoms with Gasteiger partial charge in [-0.2, -0.15) is 0 Å². The number of rotatable bonds is 1. The second kappa shape index (κ2) is 3.68. The first-order valence-corrected chi connectivity index (χ1v) is 6.64. The number of H-pyrrole nitrogens is 1. The van der Waals surface area contributed by atoms with Gasteiger partial charge in [-0.25, -0.2) is 4.98 Å². The van der Waals surface area contributed by atoms with E-state index in [-0.39, 0.29) is 0 Å². The Labute approximate surface area is 108 Å². The highest BCUT2D eigenvalue weighted by Gasteiger charge is 2.09. The van der Waals surface area contributed by atoms with E-state index in [9.17, 15) is 0 Å². The molecule has 3 aromatic heterocycles. The normalized spacial score (nSPS) is 11.3. The highest BCUT2D eigenvalue weighted by Crippen LogP contribution is 2.36. The fourth-order valence-corrected chi connectivity index (χ4v) is 3.37. The molecule has 4 aromatic rings. The number of hydrogen-bond acceptors (Lipinski definition) is 2. The first kappa shape index (κ1) is 9.85. The number of fused-ring (bicyclic) bond motifs is 2. The first-order valence-electron chi connectivity index (χ1n) is 5.83. The largest absolute Gasteiger partial charge is 0.345 e. The van der Waals surface area contributed by atoms with E-state index in [0.29, 0.717) is 0 Å². The van der Waals surface area contributed by atoms with Gasteiger partial charge in [-0.1, -0.05) is 18.2 Å². The van der Waals surface area contributed by atoms with Crippen molar-refractivity contribution >= 4 is 32.5 Å². The quantitative estimate of drug-likeness (QED) is 0.531. The van der Waals surface area contributed by atoms with Crippen LogP contribution in [0.1, 0.15) is 0 Å². The zero-order valence-corrected chi connectivity index (χ0v) is 10.4. The molecule has 86 valence electrons. The van der Waals surface area contributed by atoms with E-state index in [1.54, 1.807) is 0 Å². The number of benzene rings is 1. The van der Waals surface area contributed by atoms with Crippen LogP contribution in [0.3, 0.4) is 0 Å². The van der Waals surface area contributed by atoms with Crippen LogP contribution in [0, 0.1) is 0 Å². The Morgan fingerprint density at radius 2 is 2.00 bits per heavy atom. The van der Waals surface area contributed by atoms with E-state index in [4.69, 9.17) is 0 Å². The molecule has 0 bridgehead atoms. The number of hydrogen-bond donors (Lipinski definition) is 1. The molecule has 0 aliphatic carbocycles. The highest BCUT2D eigenvalue weighted by molar-refractivity contribution is 7.22. The summed E-state index contributed by atoms with van der Waals surface area (Å²) in [7, 11) is 0. The van der Waals surface area contributed by atoms with Crippen LogP contribution in [0.15, 0.2) is 54.9 Å². The molecule has 0 saturated heterocycles. The van der Waals surface area contributed by atoms with Crippen molar-refractivity contribution in [2.75, 3.05) is 0 Å². The van der Waals surface area contributed by atoms with Crippen LogP contribution in [-0.4, -0.2) is 9.97 Å². The summed E-state index contributed by atoms with van der Waals surface area (Å²) in [5.41, 5.74) is 2.18. The van der Waals surface area contributed by atoms with Gasteiger partial charge in [0.05, 0.1) is 0 Å². The molecule has 0 fully saturated rings. The van der Waals surface area contributed by atoms with Crippen molar-refractivity contribution in [3.05, 3.63) is 54.9 Å². The van der Waals surface area contributed by atoms with Crippen LogP contribution in [0.4, 0.5) is 0 Å². The molecule has 0 amide bonds. The molecule has 3 heteroatoms. The van der Waals surface area contributed by atoms with Crippen molar-refractivity contribution in [3.63, 3.8) is 0 Å². The molecule has 0 aliphatic rings. The molecule has 0 atom stereocenters. The SMILES string of the molecule is c1ccc2sc(-c3c[nH]c4ncccc34)cc2c1. The molecular weight excluding hydrogens is 240 g/mol. The summed E-state index contributed by atoms with van der Waals surface area (Å²) in [6.45, 7) is 0. The minimum absolute atomic E-state index is 0.949. The fraction of sp³-hybridized carbons (Fsp3) is 0. The third-order valence-electron chi connectivity index (χ3n) is 3.14. The monoisotopic (exact) mass is 250 g/mol. The van der Waals surface area contributed by atoms with Gasteiger partial charge in [0.25, 0.3) is 0 Å². The van der Waals surface area contributed by atoms with E-state index in [2.05, 4.69) is 46.4 Å². The summed E-state index contributed by atoms with van der Waals surface area (Å²) >= 11 is 1.82. The van der Waals surface area contributed by atoms with Crippen molar-refractivity contribution in [2.45, 2.75) is 0 Å². The minimum Gasteiger partial charge on any atom is -0.345 e. The third-order valence-corrected chi connectivity index (χ3v) is 4.29. The van der Waals surface area contributed by atoms with Gasteiger partial charge in [-0.05, 0) is 29.7 Å². The molecular formula is C15H10N2S. The van der Waals surface area contributed by atoms with Crippen molar-refractivity contribution < 1.29 is 0 Å². The van der Waals surface area contributed by atoms with Gasteiger partial charge >= 0.3 is 0 Å². The molecule has 1 aromatic carbocycles. The smallest absolute Gasteiger partial charge is 0.137 e. The number of thiophene rings is 1. The maximum Gasteiger partial charge on any atom is 0.137 e. The van der Waals surface area contributed by atoms with Gasteiger partial charge in [0.1, 0.15) is 5.65 Å². The maximum absolute atomic E-state index is 4.33. The average molecular weight is 250 g/mol. The van der Waals surface area contributed by atoms with E-state index in [1.807, 2.05) is 29.8 Å². The number of pyridine rings is 1. The highest BCUT2D eigenvalue weighted by atomic mass is 32.1. The predicted molar refractivity (Wildman–Crippen MR) is 76.9 cm³/mol. The Bertz CT molecular complexity index is 809. The van der Waals surface area contributed by atoms with E-state index in [1.165, 1.54) is 25.9 Å². The molecule has 4 rings (SSSR count). The second-order valence-electron chi connectivity index (χ2n) is 4.25. The molecule has 0 saturated carbocycles. The summed E-state index contributed by atoms with van der Waals surface area (Å²) in [5.74, 6) is 0. The average Bonchev–Trinajstić information content (AvgIpc) is 3.02. The molecule has 18 heavy (non-hydrogen) atoms. The van der Waals surface area contributed by atoms with E-state index < -0.39 is 0 Å². The summed E-state index contributed by atoms with van der Waals surface area (Å²) in [6, 6.07) is 14.8.